The lowest BCUT2D eigenvalue weighted by Crippen LogP contribution is -2.35. The number of thioether (sulfide) groups is 1. The molecule has 0 saturated heterocycles. The minimum Gasteiger partial charge on any atom is -0.482 e. The van der Waals surface area contributed by atoms with Crippen LogP contribution in [-0.4, -0.2) is 41.1 Å². The Bertz CT molecular complexity index is 894. The van der Waals surface area contributed by atoms with Crippen LogP contribution in [0.1, 0.15) is 23.0 Å². The highest BCUT2D eigenvalue weighted by molar-refractivity contribution is 7.99. The number of fused-ring (bicyclic) bond motifs is 1. The van der Waals surface area contributed by atoms with E-state index in [0.29, 0.717) is 34.3 Å². The topological polar surface area (TPSA) is 92.4 Å². The summed E-state index contributed by atoms with van der Waals surface area (Å²) in [6, 6.07) is 6.45. The molecule has 0 aliphatic carbocycles. The molecule has 2 heterocycles. The molecule has 0 bridgehead atoms. The summed E-state index contributed by atoms with van der Waals surface area (Å²) >= 11 is 1.18. The number of likely N-dealkylation sites (N-methyl/N-ethyl adjacent to an activating group) is 1. The van der Waals surface area contributed by atoms with E-state index in [4.69, 9.17) is 4.74 Å². The van der Waals surface area contributed by atoms with Crippen molar-refractivity contribution in [3.63, 3.8) is 0 Å². The molecule has 1 aromatic heterocycles. The van der Waals surface area contributed by atoms with Crippen LogP contribution in [0.5, 0.6) is 5.75 Å². The van der Waals surface area contributed by atoms with Crippen LogP contribution in [-0.2, 0) is 11.2 Å². The molecule has 1 aromatic carbocycles. The molecule has 1 aliphatic heterocycles. The average Bonchev–Trinajstić information content (AvgIpc) is 2.62. The van der Waals surface area contributed by atoms with Crippen molar-refractivity contribution in [3.8, 4) is 5.75 Å². The third kappa shape index (κ3) is 3.74. The van der Waals surface area contributed by atoms with E-state index in [-0.39, 0.29) is 29.6 Å². The van der Waals surface area contributed by atoms with Crippen molar-refractivity contribution in [1.82, 2.24) is 9.97 Å². The number of carbonyl (C=O) groups excluding carboxylic acids is 2. The number of aryl methyl sites for hydroxylation is 1. The quantitative estimate of drug-likeness (QED) is 0.496. The van der Waals surface area contributed by atoms with Gasteiger partial charge in [-0.25, -0.2) is 4.98 Å². The minimum atomic E-state index is -0.229. The molecule has 130 valence electrons. The zero-order valence-corrected chi connectivity index (χ0v) is 14.7. The first-order valence-electron chi connectivity index (χ1n) is 7.77. The molecule has 3 rings (SSSR count). The van der Waals surface area contributed by atoms with Gasteiger partial charge < -0.3 is 14.6 Å². The van der Waals surface area contributed by atoms with Gasteiger partial charge in [0.25, 0.3) is 11.5 Å². The molecule has 25 heavy (non-hydrogen) atoms. The number of amides is 1. The number of hydrogen-bond acceptors (Lipinski definition) is 6. The number of aromatic amines is 1. The SMILES string of the molecule is CCc1cc(=O)[nH]c(SCC(=O)c2ccc3c(c2)N(C)C(=O)CO3)n1. The van der Waals surface area contributed by atoms with Gasteiger partial charge in [0, 0.05) is 24.4 Å². The van der Waals surface area contributed by atoms with E-state index in [1.807, 2.05) is 6.92 Å². The van der Waals surface area contributed by atoms with Gasteiger partial charge in [0.05, 0.1) is 11.4 Å². The molecule has 8 heteroatoms. The summed E-state index contributed by atoms with van der Waals surface area (Å²) in [6.07, 6.45) is 0.649. The number of benzene rings is 1. The summed E-state index contributed by atoms with van der Waals surface area (Å²) in [4.78, 5) is 44.1. The molecule has 0 radical (unpaired) electrons. The summed E-state index contributed by atoms with van der Waals surface area (Å²) in [7, 11) is 1.65. The first kappa shape index (κ1) is 17.2. The van der Waals surface area contributed by atoms with Crippen LogP contribution >= 0.6 is 11.8 Å². The van der Waals surface area contributed by atoms with E-state index in [2.05, 4.69) is 9.97 Å². The van der Waals surface area contributed by atoms with Crippen LogP contribution < -0.4 is 15.2 Å². The van der Waals surface area contributed by atoms with Crippen LogP contribution in [0.4, 0.5) is 5.69 Å². The first-order chi connectivity index (χ1) is 12.0. The third-order valence-electron chi connectivity index (χ3n) is 3.84. The van der Waals surface area contributed by atoms with Gasteiger partial charge in [0.15, 0.2) is 17.5 Å². The number of Topliss-reactive ketones (excluding diaryl/α,β-unsaturated/α-hetero) is 1. The largest absolute Gasteiger partial charge is 0.482 e. The Hall–Kier alpha value is -2.61. The Morgan fingerprint density at radius 1 is 1.36 bits per heavy atom. The van der Waals surface area contributed by atoms with Gasteiger partial charge >= 0.3 is 0 Å². The fraction of sp³-hybridized carbons (Fsp3) is 0.294. The predicted octanol–water partition coefficient (Wildman–Crippen LogP) is 1.66. The maximum atomic E-state index is 12.4. The molecule has 0 saturated carbocycles. The number of nitrogens with zero attached hydrogens (tertiary/aromatic N) is 2. The van der Waals surface area contributed by atoms with Crippen molar-refractivity contribution in [1.29, 1.82) is 0 Å². The van der Waals surface area contributed by atoms with Crippen molar-refractivity contribution in [2.45, 2.75) is 18.5 Å². The molecular formula is C17H17N3O4S. The maximum absolute atomic E-state index is 12.4. The number of H-pyrrole nitrogens is 1. The number of ether oxygens (including phenoxy) is 1. The van der Waals surface area contributed by atoms with Crippen molar-refractivity contribution in [2.24, 2.45) is 0 Å². The normalized spacial score (nSPS) is 13.4. The van der Waals surface area contributed by atoms with Gasteiger partial charge in [0.1, 0.15) is 5.75 Å². The summed E-state index contributed by atoms with van der Waals surface area (Å²) in [5, 5.41) is 0.422. The second-order valence-electron chi connectivity index (χ2n) is 5.53. The van der Waals surface area contributed by atoms with E-state index in [0.717, 1.165) is 0 Å². The number of carbonyl (C=O) groups is 2. The summed E-state index contributed by atoms with van der Waals surface area (Å²) < 4.78 is 5.35. The van der Waals surface area contributed by atoms with Gasteiger partial charge in [-0.2, -0.15) is 0 Å². The van der Waals surface area contributed by atoms with E-state index < -0.39 is 0 Å². The molecule has 1 amide bonds. The fourth-order valence-electron chi connectivity index (χ4n) is 2.40. The van der Waals surface area contributed by atoms with Crippen LogP contribution in [0.2, 0.25) is 0 Å². The van der Waals surface area contributed by atoms with Crippen molar-refractivity contribution >= 4 is 29.1 Å². The zero-order valence-electron chi connectivity index (χ0n) is 13.9. The van der Waals surface area contributed by atoms with Crippen molar-refractivity contribution in [2.75, 3.05) is 24.3 Å². The number of anilines is 1. The average molecular weight is 359 g/mol. The molecular weight excluding hydrogens is 342 g/mol. The van der Waals surface area contributed by atoms with Gasteiger partial charge in [-0.1, -0.05) is 18.7 Å². The van der Waals surface area contributed by atoms with Crippen LogP contribution in [0.15, 0.2) is 34.2 Å². The monoisotopic (exact) mass is 359 g/mol. The number of hydrogen-bond donors (Lipinski definition) is 1. The van der Waals surface area contributed by atoms with Crippen molar-refractivity contribution in [3.05, 3.63) is 45.9 Å². The number of nitrogens with one attached hydrogen (secondary N) is 1. The van der Waals surface area contributed by atoms with Crippen molar-refractivity contribution < 1.29 is 14.3 Å². The van der Waals surface area contributed by atoms with Gasteiger partial charge in [-0.15, -0.1) is 0 Å². The highest BCUT2D eigenvalue weighted by Crippen LogP contribution is 2.32. The lowest BCUT2D eigenvalue weighted by atomic mass is 10.1. The number of rotatable bonds is 5. The lowest BCUT2D eigenvalue weighted by Gasteiger charge is -2.26. The van der Waals surface area contributed by atoms with E-state index >= 15 is 0 Å². The second-order valence-corrected chi connectivity index (χ2v) is 6.50. The molecule has 2 aromatic rings. The van der Waals surface area contributed by atoms with E-state index in [1.54, 1.807) is 25.2 Å². The highest BCUT2D eigenvalue weighted by Gasteiger charge is 2.23. The minimum absolute atomic E-state index is 0.000549. The Labute approximate surface area is 148 Å². The molecule has 0 atom stereocenters. The van der Waals surface area contributed by atoms with E-state index in [9.17, 15) is 14.4 Å². The Morgan fingerprint density at radius 3 is 2.92 bits per heavy atom. The predicted molar refractivity (Wildman–Crippen MR) is 94.6 cm³/mol. The highest BCUT2D eigenvalue weighted by atomic mass is 32.2. The number of ketones is 1. The Morgan fingerprint density at radius 2 is 2.16 bits per heavy atom. The summed E-state index contributed by atoms with van der Waals surface area (Å²) in [5.41, 5.74) is 1.51. The summed E-state index contributed by atoms with van der Waals surface area (Å²) in [5.74, 6) is 0.425. The molecule has 7 nitrogen and oxygen atoms in total. The fourth-order valence-corrected chi connectivity index (χ4v) is 3.18. The second kappa shape index (κ2) is 7.10. The Kier molecular flexibility index (Phi) is 4.89. The maximum Gasteiger partial charge on any atom is 0.264 e. The van der Waals surface area contributed by atoms with Gasteiger partial charge in [0.2, 0.25) is 0 Å². The zero-order chi connectivity index (χ0) is 18.0. The lowest BCUT2D eigenvalue weighted by molar-refractivity contribution is -0.120. The van der Waals surface area contributed by atoms with Crippen LogP contribution in [0.3, 0.4) is 0 Å². The molecule has 0 unspecified atom stereocenters. The summed E-state index contributed by atoms with van der Waals surface area (Å²) in [6.45, 7) is 1.91. The van der Waals surface area contributed by atoms with Crippen LogP contribution in [0.25, 0.3) is 0 Å². The molecule has 0 spiro atoms. The first-order valence-corrected chi connectivity index (χ1v) is 8.76. The van der Waals surface area contributed by atoms with Crippen LogP contribution in [0, 0.1) is 0 Å². The molecule has 0 fully saturated rings. The van der Waals surface area contributed by atoms with Gasteiger partial charge in [-0.05, 0) is 24.6 Å². The van der Waals surface area contributed by atoms with E-state index in [1.165, 1.54) is 22.7 Å². The number of aromatic nitrogens is 2. The third-order valence-corrected chi connectivity index (χ3v) is 4.72. The smallest absolute Gasteiger partial charge is 0.264 e. The standard InChI is InChI=1S/C17H17N3O4S/c1-3-11-7-15(22)19-17(18-11)25-9-13(21)10-4-5-14-12(6-10)20(2)16(23)8-24-14/h4-7H,3,8-9H2,1-2H3,(H,18,19,22). The van der Waals surface area contributed by atoms with Gasteiger partial charge in [-0.3, -0.25) is 14.4 Å². The molecule has 1 aliphatic rings. The Balaban J connectivity index is 1.75. The molecule has 1 N–H and O–H groups in total.